The summed E-state index contributed by atoms with van der Waals surface area (Å²) in [5, 5.41) is 2.70. The summed E-state index contributed by atoms with van der Waals surface area (Å²) >= 11 is 0. The summed E-state index contributed by atoms with van der Waals surface area (Å²) in [6.07, 6.45) is 2.93. The lowest BCUT2D eigenvalue weighted by Gasteiger charge is -2.06. The second kappa shape index (κ2) is 5.56. The summed E-state index contributed by atoms with van der Waals surface area (Å²) in [7, 11) is 0. The molecule has 0 aliphatic rings. The molecule has 1 N–H and O–H groups in total. The van der Waals surface area contributed by atoms with Crippen molar-refractivity contribution in [2.24, 2.45) is 0 Å². The number of carbonyl (C=O) groups excluding carboxylic acids is 1. The molecule has 0 atom stereocenters. The highest BCUT2D eigenvalue weighted by Crippen LogP contribution is 2.09. The largest absolute Gasteiger partial charge is 0.348 e. The molecule has 1 amide bonds. The molecule has 0 spiro atoms. The van der Waals surface area contributed by atoms with E-state index >= 15 is 0 Å². The first-order valence-corrected chi connectivity index (χ1v) is 5.88. The van der Waals surface area contributed by atoms with Crippen molar-refractivity contribution in [2.45, 2.75) is 20.4 Å². The molecule has 0 aliphatic carbocycles. The van der Waals surface area contributed by atoms with E-state index in [1.54, 1.807) is 26.0 Å². The van der Waals surface area contributed by atoms with Gasteiger partial charge in [-0.25, -0.2) is 14.4 Å². The van der Waals surface area contributed by atoms with Gasteiger partial charge >= 0.3 is 0 Å². The molecule has 19 heavy (non-hydrogen) atoms. The second-order valence-electron chi connectivity index (χ2n) is 4.29. The minimum atomic E-state index is -0.277. The van der Waals surface area contributed by atoms with E-state index in [1.165, 1.54) is 18.5 Å². The third-order valence-corrected chi connectivity index (χ3v) is 2.73. The van der Waals surface area contributed by atoms with E-state index in [2.05, 4.69) is 15.3 Å². The van der Waals surface area contributed by atoms with Gasteiger partial charge in [-0.1, -0.05) is 12.1 Å². The molecule has 0 aliphatic heterocycles. The van der Waals surface area contributed by atoms with E-state index in [-0.39, 0.29) is 18.3 Å². The number of aromatic nitrogens is 2. The molecule has 0 bridgehead atoms. The fraction of sp³-hybridized carbons (Fsp3) is 0.214. The van der Waals surface area contributed by atoms with Gasteiger partial charge in [-0.3, -0.25) is 4.79 Å². The summed E-state index contributed by atoms with van der Waals surface area (Å²) in [4.78, 5) is 19.7. The normalized spacial score (nSPS) is 10.3. The SMILES string of the molecule is Cc1ncc(C(=O)NCc2ccc(C)c(F)c2)cn1. The van der Waals surface area contributed by atoms with Crippen LogP contribution in [0.15, 0.2) is 30.6 Å². The Hall–Kier alpha value is -2.30. The zero-order valence-corrected chi connectivity index (χ0v) is 10.8. The van der Waals surface area contributed by atoms with E-state index < -0.39 is 0 Å². The zero-order valence-electron chi connectivity index (χ0n) is 10.8. The standard InChI is InChI=1S/C14H14FN3O/c1-9-3-4-11(5-13(9)15)6-18-14(19)12-7-16-10(2)17-8-12/h3-5,7-8H,6H2,1-2H3,(H,18,19). The molecule has 1 aromatic heterocycles. The topological polar surface area (TPSA) is 54.9 Å². The van der Waals surface area contributed by atoms with Crippen LogP contribution in [-0.4, -0.2) is 15.9 Å². The Bertz CT molecular complexity index is 596. The molecule has 2 rings (SSSR count). The van der Waals surface area contributed by atoms with Crippen molar-refractivity contribution >= 4 is 5.91 Å². The molecule has 0 radical (unpaired) electrons. The number of carbonyl (C=O) groups is 1. The third kappa shape index (κ3) is 3.34. The van der Waals surface area contributed by atoms with Crippen LogP contribution in [0.2, 0.25) is 0 Å². The molecular weight excluding hydrogens is 245 g/mol. The highest BCUT2D eigenvalue weighted by molar-refractivity contribution is 5.93. The molecule has 1 aromatic carbocycles. The number of nitrogens with one attached hydrogen (secondary N) is 1. The maximum atomic E-state index is 13.3. The van der Waals surface area contributed by atoms with Crippen LogP contribution in [0.5, 0.6) is 0 Å². The average molecular weight is 259 g/mol. The summed E-state index contributed by atoms with van der Waals surface area (Å²) in [6, 6.07) is 4.89. The first-order valence-electron chi connectivity index (χ1n) is 5.88. The number of nitrogens with zero attached hydrogens (tertiary/aromatic N) is 2. The maximum absolute atomic E-state index is 13.3. The van der Waals surface area contributed by atoms with Crippen LogP contribution in [0.3, 0.4) is 0 Å². The summed E-state index contributed by atoms with van der Waals surface area (Å²) in [6.45, 7) is 3.71. The summed E-state index contributed by atoms with van der Waals surface area (Å²) < 4.78 is 13.3. The molecule has 0 fully saturated rings. The van der Waals surface area contributed by atoms with Crippen molar-refractivity contribution in [2.75, 3.05) is 0 Å². The Balaban J connectivity index is 2.00. The van der Waals surface area contributed by atoms with Gasteiger partial charge in [-0.2, -0.15) is 0 Å². The summed E-state index contributed by atoms with van der Waals surface area (Å²) in [5.74, 6) is 0.0588. The van der Waals surface area contributed by atoms with Crippen molar-refractivity contribution in [1.82, 2.24) is 15.3 Å². The summed E-state index contributed by atoms with van der Waals surface area (Å²) in [5.41, 5.74) is 1.68. The Labute approximate surface area is 110 Å². The van der Waals surface area contributed by atoms with Crippen molar-refractivity contribution in [3.05, 3.63) is 58.9 Å². The Morgan fingerprint density at radius 1 is 1.26 bits per heavy atom. The first-order chi connectivity index (χ1) is 9.06. The Morgan fingerprint density at radius 3 is 2.58 bits per heavy atom. The van der Waals surface area contributed by atoms with E-state index in [9.17, 15) is 9.18 Å². The second-order valence-corrected chi connectivity index (χ2v) is 4.29. The van der Waals surface area contributed by atoms with E-state index in [4.69, 9.17) is 0 Å². The van der Waals surface area contributed by atoms with Gasteiger partial charge < -0.3 is 5.32 Å². The van der Waals surface area contributed by atoms with Gasteiger partial charge in [0.2, 0.25) is 0 Å². The van der Waals surface area contributed by atoms with Gasteiger partial charge in [0, 0.05) is 18.9 Å². The Kier molecular flexibility index (Phi) is 3.85. The van der Waals surface area contributed by atoms with Crippen molar-refractivity contribution in [3.8, 4) is 0 Å². The van der Waals surface area contributed by atoms with Crippen LogP contribution < -0.4 is 5.32 Å². The first kappa shape index (κ1) is 13.1. The average Bonchev–Trinajstić information content (AvgIpc) is 2.40. The molecule has 98 valence electrons. The molecule has 2 aromatic rings. The van der Waals surface area contributed by atoms with E-state index in [1.807, 2.05) is 0 Å². The fourth-order valence-corrected chi connectivity index (χ4v) is 1.54. The number of rotatable bonds is 3. The number of hydrogen-bond acceptors (Lipinski definition) is 3. The number of halogens is 1. The lowest BCUT2D eigenvalue weighted by atomic mass is 10.1. The van der Waals surface area contributed by atoms with Gasteiger partial charge in [0.15, 0.2) is 0 Å². The van der Waals surface area contributed by atoms with Crippen molar-refractivity contribution in [1.29, 1.82) is 0 Å². The van der Waals surface area contributed by atoms with Crippen LogP contribution in [0.1, 0.15) is 27.3 Å². The molecule has 0 saturated heterocycles. The molecule has 0 unspecified atom stereocenters. The predicted molar refractivity (Wildman–Crippen MR) is 69.1 cm³/mol. The Morgan fingerprint density at radius 2 is 1.95 bits per heavy atom. The number of amides is 1. The highest BCUT2D eigenvalue weighted by atomic mass is 19.1. The van der Waals surface area contributed by atoms with Crippen molar-refractivity contribution < 1.29 is 9.18 Å². The number of hydrogen-bond donors (Lipinski definition) is 1. The molecular formula is C14H14FN3O. The lowest BCUT2D eigenvalue weighted by Crippen LogP contribution is -2.23. The van der Waals surface area contributed by atoms with Gasteiger partial charge in [-0.05, 0) is 31.0 Å². The maximum Gasteiger partial charge on any atom is 0.254 e. The minimum absolute atomic E-state index is 0.268. The molecule has 5 heteroatoms. The van der Waals surface area contributed by atoms with Crippen LogP contribution >= 0.6 is 0 Å². The minimum Gasteiger partial charge on any atom is -0.348 e. The lowest BCUT2D eigenvalue weighted by molar-refractivity contribution is 0.0950. The fourth-order valence-electron chi connectivity index (χ4n) is 1.54. The van der Waals surface area contributed by atoms with Crippen LogP contribution in [0, 0.1) is 19.7 Å². The number of benzene rings is 1. The van der Waals surface area contributed by atoms with Crippen LogP contribution in [-0.2, 0) is 6.54 Å². The molecule has 4 nitrogen and oxygen atoms in total. The monoisotopic (exact) mass is 259 g/mol. The van der Waals surface area contributed by atoms with Crippen LogP contribution in [0.4, 0.5) is 4.39 Å². The van der Waals surface area contributed by atoms with Gasteiger partial charge in [-0.15, -0.1) is 0 Å². The zero-order chi connectivity index (χ0) is 13.8. The smallest absolute Gasteiger partial charge is 0.254 e. The number of aryl methyl sites for hydroxylation is 2. The van der Waals surface area contributed by atoms with Gasteiger partial charge in [0.05, 0.1) is 5.56 Å². The molecule has 0 saturated carbocycles. The molecule has 1 heterocycles. The van der Waals surface area contributed by atoms with Gasteiger partial charge in [0.1, 0.15) is 11.6 Å². The predicted octanol–water partition coefficient (Wildman–Crippen LogP) is 2.16. The highest BCUT2D eigenvalue weighted by Gasteiger charge is 2.06. The quantitative estimate of drug-likeness (QED) is 0.919. The van der Waals surface area contributed by atoms with E-state index in [0.717, 1.165) is 0 Å². The van der Waals surface area contributed by atoms with Gasteiger partial charge in [0.25, 0.3) is 5.91 Å². The van der Waals surface area contributed by atoms with Crippen LogP contribution in [0.25, 0.3) is 0 Å². The van der Waals surface area contributed by atoms with Crippen molar-refractivity contribution in [3.63, 3.8) is 0 Å². The van der Waals surface area contributed by atoms with E-state index in [0.29, 0.717) is 22.5 Å². The third-order valence-electron chi connectivity index (χ3n) is 2.73.